The molecule has 2 heterocycles. The molecule has 2 aromatic rings. The molecule has 0 bridgehead atoms. The minimum atomic E-state index is -0.442. The molecule has 0 unspecified atom stereocenters. The van der Waals surface area contributed by atoms with Crippen LogP contribution in [-0.4, -0.2) is 29.3 Å². The first-order chi connectivity index (χ1) is 16.0. The van der Waals surface area contributed by atoms with Crippen molar-refractivity contribution in [3.05, 3.63) is 81.5 Å². The van der Waals surface area contributed by atoms with Crippen LogP contribution >= 0.6 is 23.4 Å². The number of amidine groups is 1. The van der Waals surface area contributed by atoms with Crippen molar-refractivity contribution in [2.24, 2.45) is 4.99 Å². The van der Waals surface area contributed by atoms with Crippen molar-refractivity contribution in [2.75, 3.05) is 13.2 Å². The van der Waals surface area contributed by atoms with Gasteiger partial charge in [-0.2, -0.15) is 0 Å². The monoisotopic (exact) mass is 484 g/mol. The highest BCUT2D eigenvalue weighted by molar-refractivity contribution is 8.16. The smallest absolute Gasteiger partial charge is 0.338 e. The molecule has 0 amide bonds. The summed E-state index contributed by atoms with van der Waals surface area (Å²) in [6, 6.07) is 13.1. The Balaban J connectivity index is 1.74. The molecule has 2 aliphatic heterocycles. The lowest BCUT2D eigenvalue weighted by molar-refractivity contribution is -0.139. The number of halogens is 1. The fourth-order valence-electron chi connectivity index (χ4n) is 3.78. The van der Waals surface area contributed by atoms with Crippen molar-refractivity contribution >= 4 is 34.5 Å². The second kappa shape index (κ2) is 10.4. The van der Waals surface area contributed by atoms with E-state index < -0.39 is 12.0 Å². The van der Waals surface area contributed by atoms with E-state index in [9.17, 15) is 4.79 Å². The molecule has 0 N–H and O–H groups in total. The summed E-state index contributed by atoms with van der Waals surface area (Å²) in [5.41, 5.74) is 2.91. The SMILES string of the molecule is CCOC(=O)C1=C(C)N=C2SC=CN2[C@@H]1c1cc(Cl)c(OCc2ccccc2)c(OCC)c1. The van der Waals surface area contributed by atoms with E-state index in [2.05, 4.69) is 4.99 Å². The van der Waals surface area contributed by atoms with E-state index in [0.717, 1.165) is 16.3 Å². The molecule has 4 rings (SSSR count). The van der Waals surface area contributed by atoms with Crippen LogP contribution in [0.25, 0.3) is 0 Å². The number of ether oxygens (including phenoxy) is 3. The molecule has 0 aliphatic carbocycles. The Morgan fingerprint density at radius 2 is 1.94 bits per heavy atom. The number of carbonyl (C=O) groups is 1. The van der Waals surface area contributed by atoms with Gasteiger partial charge >= 0.3 is 5.97 Å². The number of nitrogens with zero attached hydrogens (tertiary/aromatic N) is 2. The molecular formula is C25H25ClN2O4S. The van der Waals surface area contributed by atoms with Crippen LogP contribution in [0, 0.1) is 0 Å². The third kappa shape index (κ3) is 4.89. The number of benzene rings is 2. The minimum Gasteiger partial charge on any atom is -0.490 e. The second-order valence-corrected chi connectivity index (χ2v) is 8.64. The zero-order valence-electron chi connectivity index (χ0n) is 18.7. The fourth-order valence-corrected chi connectivity index (χ4v) is 4.84. The summed E-state index contributed by atoms with van der Waals surface area (Å²) in [6.07, 6.45) is 1.91. The molecule has 0 fully saturated rings. The molecule has 0 spiro atoms. The molecule has 0 aromatic heterocycles. The maximum atomic E-state index is 12.9. The van der Waals surface area contributed by atoms with Gasteiger partial charge in [0, 0.05) is 6.20 Å². The maximum Gasteiger partial charge on any atom is 0.338 e. The van der Waals surface area contributed by atoms with Crippen LogP contribution in [0.3, 0.4) is 0 Å². The first-order valence-electron chi connectivity index (χ1n) is 10.7. The highest BCUT2D eigenvalue weighted by Crippen LogP contribution is 2.45. The Kier molecular flexibility index (Phi) is 7.30. The van der Waals surface area contributed by atoms with Crippen LogP contribution in [0.2, 0.25) is 5.02 Å². The molecule has 1 atom stereocenters. The molecule has 8 heteroatoms. The van der Waals surface area contributed by atoms with E-state index in [1.165, 1.54) is 11.8 Å². The van der Waals surface area contributed by atoms with Gasteiger partial charge in [0.05, 0.1) is 35.5 Å². The van der Waals surface area contributed by atoms with Crippen molar-refractivity contribution in [1.82, 2.24) is 4.90 Å². The normalized spacial score (nSPS) is 17.0. The summed E-state index contributed by atoms with van der Waals surface area (Å²) in [7, 11) is 0. The number of thioether (sulfide) groups is 1. The molecule has 0 saturated heterocycles. The highest BCUT2D eigenvalue weighted by Gasteiger charge is 2.38. The first-order valence-corrected chi connectivity index (χ1v) is 12.0. The molecular weight excluding hydrogens is 460 g/mol. The summed E-state index contributed by atoms with van der Waals surface area (Å²) in [4.78, 5) is 19.5. The molecule has 2 aromatic carbocycles. The first kappa shape index (κ1) is 23.3. The van der Waals surface area contributed by atoms with E-state index in [0.29, 0.717) is 41.0 Å². The van der Waals surface area contributed by atoms with Gasteiger partial charge in [0.25, 0.3) is 0 Å². The Labute approximate surface area is 202 Å². The number of rotatable bonds is 8. The third-order valence-corrected chi connectivity index (χ3v) is 6.24. The predicted molar refractivity (Wildman–Crippen MR) is 131 cm³/mol. The number of fused-ring (bicyclic) bond motifs is 1. The zero-order chi connectivity index (χ0) is 23.4. The zero-order valence-corrected chi connectivity index (χ0v) is 20.3. The van der Waals surface area contributed by atoms with Crippen molar-refractivity contribution in [3.63, 3.8) is 0 Å². The van der Waals surface area contributed by atoms with Crippen LogP contribution in [0.5, 0.6) is 11.5 Å². The average Bonchev–Trinajstić information content (AvgIpc) is 3.26. The second-order valence-electron chi connectivity index (χ2n) is 7.36. The topological polar surface area (TPSA) is 60.4 Å². The molecule has 6 nitrogen and oxygen atoms in total. The van der Waals surface area contributed by atoms with Gasteiger partial charge in [0.15, 0.2) is 16.7 Å². The van der Waals surface area contributed by atoms with Gasteiger partial charge in [-0.05, 0) is 49.4 Å². The molecule has 0 saturated carbocycles. The van der Waals surface area contributed by atoms with Crippen LogP contribution in [0.1, 0.15) is 37.9 Å². The van der Waals surface area contributed by atoms with Crippen LogP contribution in [-0.2, 0) is 16.1 Å². The van der Waals surface area contributed by atoms with Gasteiger partial charge < -0.3 is 19.1 Å². The lowest BCUT2D eigenvalue weighted by Gasteiger charge is -2.33. The highest BCUT2D eigenvalue weighted by atomic mass is 35.5. The van der Waals surface area contributed by atoms with Crippen LogP contribution < -0.4 is 9.47 Å². The Bertz CT molecular complexity index is 1130. The van der Waals surface area contributed by atoms with Gasteiger partial charge in [-0.3, -0.25) is 0 Å². The number of allylic oxidation sites excluding steroid dienone is 1. The van der Waals surface area contributed by atoms with E-state index in [-0.39, 0.29) is 6.61 Å². The van der Waals surface area contributed by atoms with E-state index >= 15 is 0 Å². The Morgan fingerprint density at radius 3 is 2.67 bits per heavy atom. The predicted octanol–water partition coefficient (Wildman–Crippen LogP) is 6.09. The summed E-state index contributed by atoms with van der Waals surface area (Å²) in [5, 5.41) is 3.15. The van der Waals surface area contributed by atoms with Crippen molar-refractivity contribution in [2.45, 2.75) is 33.4 Å². The molecule has 0 radical (unpaired) electrons. The van der Waals surface area contributed by atoms with Gasteiger partial charge in [-0.1, -0.05) is 53.7 Å². The van der Waals surface area contributed by atoms with Crippen LogP contribution in [0.15, 0.2) is 70.3 Å². The Hall–Kier alpha value is -2.90. The van der Waals surface area contributed by atoms with Crippen molar-refractivity contribution < 1.29 is 19.0 Å². The van der Waals surface area contributed by atoms with E-state index in [4.69, 9.17) is 25.8 Å². The largest absolute Gasteiger partial charge is 0.490 e. The molecule has 2 aliphatic rings. The van der Waals surface area contributed by atoms with Gasteiger partial charge in [0.2, 0.25) is 0 Å². The number of esters is 1. The summed E-state index contributed by atoms with van der Waals surface area (Å²) >= 11 is 8.22. The summed E-state index contributed by atoms with van der Waals surface area (Å²) < 4.78 is 17.3. The van der Waals surface area contributed by atoms with Crippen molar-refractivity contribution in [1.29, 1.82) is 0 Å². The fraction of sp³-hybridized carbons (Fsp3) is 0.280. The lowest BCUT2D eigenvalue weighted by Crippen LogP contribution is -2.34. The number of carbonyl (C=O) groups excluding carboxylic acids is 1. The number of hydrogen-bond acceptors (Lipinski definition) is 7. The van der Waals surface area contributed by atoms with Gasteiger partial charge in [0.1, 0.15) is 6.61 Å². The Morgan fingerprint density at radius 1 is 1.15 bits per heavy atom. The third-order valence-electron chi connectivity index (χ3n) is 5.19. The molecule has 172 valence electrons. The average molecular weight is 485 g/mol. The molecule has 33 heavy (non-hydrogen) atoms. The standard InChI is InChI=1S/C25H25ClN2O4S/c1-4-30-20-14-18(13-19(26)23(20)32-15-17-9-7-6-8-10-17)22-21(24(29)31-5-2)16(3)27-25-28(22)11-12-33-25/h6-14,22H,4-5,15H2,1-3H3/t22-/m1/s1. The van der Waals surface area contributed by atoms with Gasteiger partial charge in [-0.15, -0.1) is 0 Å². The minimum absolute atomic E-state index is 0.278. The van der Waals surface area contributed by atoms with E-state index in [1.54, 1.807) is 6.92 Å². The van der Waals surface area contributed by atoms with E-state index in [1.807, 2.05) is 72.8 Å². The van der Waals surface area contributed by atoms with Crippen LogP contribution in [0.4, 0.5) is 0 Å². The number of hydrogen-bond donors (Lipinski definition) is 0. The summed E-state index contributed by atoms with van der Waals surface area (Å²) in [6.45, 7) is 6.60. The maximum absolute atomic E-state index is 12.9. The number of aliphatic imine (C=N–C) groups is 1. The lowest BCUT2D eigenvalue weighted by atomic mass is 9.94. The quantitative estimate of drug-likeness (QED) is 0.423. The summed E-state index contributed by atoms with van der Waals surface area (Å²) in [5.74, 6) is 0.601. The van der Waals surface area contributed by atoms with Crippen molar-refractivity contribution in [3.8, 4) is 11.5 Å². The van der Waals surface area contributed by atoms with Gasteiger partial charge in [-0.25, -0.2) is 9.79 Å².